The van der Waals surface area contributed by atoms with Crippen LogP contribution in [0.4, 0.5) is 5.69 Å². The van der Waals surface area contributed by atoms with Crippen molar-refractivity contribution in [1.29, 1.82) is 0 Å². The zero-order valence-corrected chi connectivity index (χ0v) is 15.3. The Morgan fingerprint density at radius 1 is 1.24 bits per heavy atom. The van der Waals surface area contributed by atoms with Crippen molar-refractivity contribution in [2.45, 2.75) is 26.6 Å². The maximum atomic E-state index is 12.7. The van der Waals surface area contributed by atoms with Gasteiger partial charge in [-0.05, 0) is 41.9 Å². The van der Waals surface area contributed by atoms with Crippen molar-refractivity contribution in [2.75, 3.05) is 5.32 Å². The molecule has 0 spiro atoms. The number of hydrogen-bond donors (Lipinski definition) is 1. The molecule has 4 nitrogen and oxygen atoms in total. The average molecular weight is 367 g/mol. The number of fused-ring (bicyclic) bond motifs is 1. The molecule has 1 aliphatic heterocycles. The number of carbonyl (C=O) groups is 1. The lowest BCUT2D eigenvalue weighted by atomic mass is 10.1. The molecule has 1 atom stereocenters. The van der Waals surface area contributed by atoms with E-state index >= 15 is 0 Å². The van der Waals surface area contributed by atoms with Gasteiger partial charge in [-0.25, -0.2) is 4.98 Å². The quantitative estimate of drug-likeness (QED) is 0.750. The van der Waals surface area contributed by atoms with Gasteiger partial charge in [-0.15, -0.1) is 11.8 Å². The van der Waals surface area contributed by atoms with Gasteiger partial charge in [-0.2, -0.15) is 0 Å². The van der Waals surface area contributed by atoms with Gasteiger partial charge in [0.25, 0.3) is 0 Å². The second kappa shape index (κ2) is 6.98. The molecule has 0 bridgehead atoms. The summed E-state index contributed by atoms with van der Waals surface area (Å²) >= 11 is 3.19. The minimum atomic E-state index is -0.0800. The molecule has 2 heterocycles. The molecule has 25 heavy (non-hydrogen) atoms. The Bertz CT molecular complexity index is 897. The van der Waals surface area contributed by atoms with E-state index in [0.29, 0.717) is 0 Å². The van der Waals surface area contributed by atoms with Crippen LogP contribution in [0.25, 0.3) is 0 Å². The molecule has 2 aromatic carbocycles. The molecule has 6 heteroatoms. The molecule has 1 amide bonds. The summed E-state index contributed by atoms with van der Waals surface area (Å²) in [5, 5.41) is 3.91. The molecule has 0 aliphatic carbocycles. The van der Waals surface area contributed by atoms with E-state index in [2.05, 4.69) is 22.4 Å². The number of aromatic nitrogens is 2. The molecule has 3 aromatic rings. The van der Waals surface area contributed by atoms with Crippen LogP contribution in [0.3, 0.4) is 0 Å². The standard InChI is InChI=1S/C19H17N3OS2/c1-22-11-10-20-19(22)25-16-9-5-3-7-14(16)21-18(23)17-12-13-6-2-4-8-15(13)24-17/h2-11,17H,12H2,1H3,(H,21,23). The van der Waals surface area contributed by atoms with Gasteiger partial charge in [0.2, 0.25) is 5.91 Å². The molecule has 0 radical (unpaired) electrons. The maximum absolute atomic E-state index is 12.7. The van der Waals surface area contributed by atoms with Gasteiger partial charge in [0, 0.05) is 29.2 Å². The fourth-order valence-corrected chi connectivity index (χ4v) is 4.84. The van der Waals surface area contributed by atoms with Gasteiger partial charge in [-0.3, -0.25) is 4.79 Å². The van der Waals surface area contributed by atoms with E-state index < -0.39 is 0 Å². The third-order valence-corrected chi connectivity index (χ3v) is 6.53. The summed E-state index contributed by atoms with van der Waals surface area (Å²) in [5.74, 6) is 0.0501. The van der Waals surface area contributed by atoms with Crippen LogP contribution in [0.5, 0.6) is 0 Å². The minimum absolute atomic E-state index is 0.0501. The highest BCUT2D eigenvalue weighted by atomic mass is 32.2. The van der Waals surface area contributed by atoms with E-state index in [0.717, 1.165) is 22.2 Å². The minimum Gasteiger partial charge on any atom is -0.329 e. The predicted molar refractivity (Wildman–Crippen MR) is 102 cm³/mol. The van der Waals surface area contributed by atoms with E-state index in [1.54, 1.807) is 29.7 Å². The summed E-state index contributed by atoms with van der Waals surface area (Å²) in [6.45, 7) is 0. The normalized spacial score (nSPS) is 15.8. The highest BCUT2D eigenvalue weighted by molar-refractivity contribution is 8.01. The number of hydrogen-bond acceptors (Lipinski definition) is 4. The lowest BCUT2D eigenvalue weighted by molar-refractivity contribution is -0.115. The van der Waals surface area contributed by atoms with Crippen LogP contribution in [0.15, 0.2) is 75.9 Å². The third-order valence-electron chi connectivity index (χ3n) is 4.06. The molecule has 0 fully saturated rings. The SMILES string of the molecule is Cn1ccnc1Sc1ccccc1NC(=O)C1Cc2ccccc2S1. The van der Waals surface area contributed by atoms with E-state index in [1.165, 1.54) is 10.5 Å². The Balaban J connectivity index is 1.50. The number of amides is 1. The van der Waals surface area contributed by atoms with E-state index in [-0.39, 0.29) is 11.2 Å². The molecule has 1 aromatic heterocycles. The van der Waals surface area contributed by atoms with Gasteiger partial charge in [0.1, 0.15) is 0 Å². The van der Waals surface area contributed by atoms with Crippen LogP contribution in [-0.2, 0) is 18.3 Å². The van der Waals surface area contributed by atoms with Crippen LogP contribution in [-0.4, -0.2) is 20.7 Å². The number of nitrogens with zero attached hydrogens (tertiary/aromatic N) is 2. The second-order valence-corrected chi connectivity index (χ2v) is 8.08. The Morgan fingerprint density at radius 2 is 2.04 bits per heavy atom. The summed E-state index contributed by atoms with van der Waals surface area (Å²) in [7, 11) is 1.96. The van der Waals surface area contributed by atoms with Gasteiger partial charge in [0.15, 0.2) is 5.16 Å². The first kappa shape index (κ1) is 16.3. The molecule has 0 saturated carbocycles. The molecule has 1 aliphatic rings. The zero-order valence-electron chi connectivity index (χ0n) is 13.7. The van der Waals surface area contributed by atoms with Gasteiger partial charge in [0.05, 0.1) is 10.9 Å². The van der Waals surface area contributed by atoms with Gasteiger partial charge >= 0.3 is 0 Å². The Morgan fingerprint density at radius 3 is 2.84 bits per heavy atom. The molecule has 1 unspecified atom stereocenters. The Hall–Kier alpha value is -2.18. The first-order valence-corrected chi connectivity index (χ1v) is 9.70. The van der Waals surface area contributed by atoms with Crippen LogP contribution in [0.2, 0.25) is 0 Å². The number of carbonyl (C=O) groups excluding carboxylic acids is 1. The summed E-state index contributed by atoms with van der Waals surface area (Å²) in [6, 6.07) is 16.1. The highest BCUT2D eigenvalue weighted by Gasteiger charge is 2.28. The van der Waals surface area contributed by atoms with Crippen molar-refractivity contribution < 1.29 is 4.79 Å². The first-order valence-electron chi connectivity index (χ1n) is 8.00. The van der Waals surface area contributed by atoms with Crippen molar-refractivity contribution >= 4 is 35.1 Å². The summed E-state index contributed by atoms with van der Waals surface area (Å²) in [5.41, 5.74) is 2.08. The van der Waals surface area contributed by atoms with Crippen molar-refractivity contribution in [3.8, 4) is 0 Å². The number of aryl methyl sites for hydroxylation is 1. The lowest BCUT2D eigenvalue weighted by Crippen LogP contribution is -2.24. The number of imidazole rings is 1. The topological polar surface area (TPSA) is 46.9 Å². The van der Waals surface area contributed by atoms with Crippen LogP contribution in [0, 0.1) is 0 Å². The number of nitrogens with one attached hydrogen (secondary N) is 1. The van der Waals surface area contributed by atoms with Crippen molar-refractivity contribution in [3.05, 3.63) is 66.5 Å². The highest BCUT2D eigenvalue weighted by Crippen LogP contribution is 2.38. The van der Waals surface area contributed by atoms with Crippen molar-refractivity contribution in [1.82, 2.24) is 9.55 Å². The van der Waals surface area contributed by atoms with Gasteiger partial charge < -0.3 is 9.88 Å². The smallest absolute Gasteiger partial charge is 0.238 e. The fraction of sp³-hybridized carbons (Fsp3) is 0.158. The summed E-state index contributed by atoms with van der Waals surface area (Å²) < 4.78 is 1.97. The van der Waals surface area contributed by atoms with Crippen LogP contribution >= 0.6 is 23.5 Å². The summed E-state index contributed by atoms with van der Waals surface area (Å²) in [4.78, 5) is 19.3. The molecule has 126 valence electrons. The largest absolute Gasteiger partial charge is 0.329 e. The molecular weight excluding hydrogens is 350 g/mol. The number of thioether (sulfide) groups is 1. The third kappa shape index (κ3) is 3.45. The maximum Gasteiger partial charge on any atom is 0.238 e. The number of para-hydroxylation sites is 1. The van der Waals surface area contributed by atoms with E-state index in [1.807, 2.05) is 54.2 Å². The first-order chi connectivity index (χ1) is 12.2. The summed E-state index contributed by atoms with van der Waals surface area (Å²) in [6.07, 6.45) is 4.47. The Labute approximate surface area is 155 Å². The van der Waals surface area contributed by atoms with Crippen molar-refractivity contribution in [3.63, 3.8) is 0 Å². The van der Waals surface area contributed by atoms with Crippen molar-refractivity contribution in [2.24, 2.45) is 7.05 Å². The zero-order chi connectivity index (χ0) is 17.2. The molecule has 0 saturated heterocycles. The monoisotopic (exact) mass is 367 g/mol. The van der Waals surface area contributed by atoms with Gasteiger partial charge in [-0.1, -0.05) is 30.3 Å². The number of anilines is 1. The second-order valence-electron chi connectivity index (χ2n) is 5.83. The van der Waals surface area contributed by atoms with E-state index in [4.69, 9.17) is 0 Å². The lowest BCUT2D eigenvalue weighted by Gasteiger charge is -2.13. The number of rotatable bonds is 4. The average Bonchev–Trinajstić information content (AvgIpc) is 3.23. The fourth-order valence-electron chi connectivity index (χ4n) is 2.75. The molecule has 4 rings (SSSR count). The number of benzene rings is 2. The molecule has 1 N–H and O–H groups in total. The predicted octanol–water partition coefficient (Wildman–Crippen LogP) is 4.23. The molecular formula is C19H17N3OS2. The van der Waals surface area contributed by atoms with Crippen LogP contribution < -0.4 is 5.32 Å². The Kier molecular flexibility index (Phi) is 4.55. The van der Waals surface area contributed by atoms with Crippen LogP contribution in [0.1, 0.15) is 5.56 Å². The van der Waals surface area contributed by atoms with E-state index in [9.17, 15) is 4.79 Å².